The molecule has 0 heterocycles. The number of alkyl halides is 3. The van der Waals surface area contributed by atoms with Crippen molar-refractivity contribution in [3.05, 3.63) is 35.4 Å². The Morgan fingerprint density at radius 2 is 2.05 bits per heavy atom. The van der Waals surface area contributed by atoms with Crippen LogP contribution < -0.4 is 5.32 Å². The van der Waals surface area contributed by atoms with Crippen LogP contribution >= 0.6 is 0 Å². The Morgan fingerprint density at radius 1 is 1.29 bits per heavy atom. The van der Waals surface area contributed by atoms with Crippen molar-refractivity contribution in [3.63, 3.8) is 0 Å². The van der Waals surface area contributed by atoms with Crippen molar-refractivity contribution in [2.45, 2.75) is 57.0 Å². The number of hydrogen-bond donors (Lipinski definition) is 1. The van der Waals surface area contributed by atoms with Crippen LogP contribution in [0, 0.1) is 0 Å². The standard InChI is InChI=1S/C16H22F3NO/c1-11(20-14-7-4-8-15(10-14)21-2)12-5-3-6-13(9-12)16(17,18)19/h3,5-6,9,11,14-15,20H,4,7-8,10H2,1-2H3. The average molecular weight is 301 g/mol. The molecule has 2 rings (SSSR count). The van der Waals surface area contributed by atoms with Crippen LogP contribution in [0.4, 0.5) is 13.2 Å². The van der Waals surface area contributed by atoms with E-state index in [2.05, 4.69) is 5.32 Å². The number of benzene rings is 1. The predicted molar refractivity (Wildman–Crippen MR) is 76.0 cm³/mol. The van der Waals surface area contributed by atoms with Gasteiger partial charge in [0.25, 0.3) is 0 Å². The number of ether oxygens (including phenoxy) is 1. The Morgan fingerprint density at radius 3 is 2.71 bits per heavy atom. The molecule has 0 aromatic heterocycles. The van der Waals surface area contributed by atoms with Crippen molar-refractivity contribution in [3.8, 4) is 0 Å². The molecule has 1 N–H and O–H groups in total. The highest BCUT2D eigenvalue weighted by Crippen LogP contribution is 2.31. The molecule has 2 nitrogen and oxygen atoms in total. The van der Waals surface area contributed by atoms with Crippen LogP contribution in [-0.4, -0.2) is 19.3 Å². The van der Waals surface area contributed by atoms with E-state index >= 15 is 0 Å². The van der Waals surface area contributed by atoms with E-state index in [0.29, 0.717) is 11.6 Å². The van der Waals surface area contributed by atoms with E-state index in [1.54, 1.807) is 13.2 Å². The first-order valence-corrected chi connectivity index (χ1v) is 7.36. The van der Waals surface area contributed by atoms with Gasteiger partial charge in [-0.05, 0) is 50.3 Å². The molecule has 5 heteroatoms. The summed E-state index contributed by atoms with van der Waals surface area (Å²) in [5.74, 6) is 0. The lowest BCUT2D eigenvalue weighted by Crippen LogP contribution is -2.38. The molecule has 1 saturated carbocycles. The van der Waals surface area contributed by atoms with E-state index in [-0.39, 0.29) is 12.1 Å². The lowest BCUT2D eigenvalue weighted by molar-refractivity contribution is -0.137. The van der Waals surface area contributed by atoms with Crippen LogP contribution in [0.1, 0.15) is 49.8 Å². The minimum absolute atomic E-state index is 0.104. The van der Waals surface area contributed by atoms with E-state index in [4.69, 9.17) is 4.74 Å². The molecule has 3 atom stereocenters. The number of rotatable bonds is 4. The minimum Gasteiger partial charge on any atom is -0.381 e. The van der Waals surface area contributed by atoms with Crippen LogP contribution in [0.25, 0.3) is 0 Å². The van der Waals surface area contributed by atoms with Gasteiger partial charge in [0, 0.05) is 19.2 Å². The third kappa shape index (κ3) is 4.45. The van der Waals surface area contributed by atoms with Gasteiger partial charge in [0.05, 0.1) is 11.7 Å². The van der Waals surface area contributed by atoms with Crippen LogP contribution in [0.5, 0.6) is 0 Å². The quantitative estimate of drug-likeness (QED) is 0.894. The van der Waals surface area contributed by atoms with Crippen molar-refractivity contribution < 1.29 is 17.9 Å². The molecule has 1 aromatic carbocycles. The largest absolute Gasteiger partial charge is 0.416 e. The highest BCUT2D eigenvalue weighted by molar-refractivity contribution is 5.27. The summed E-state index contributed by atoms with van der Waals surface area (Å²) in [6.07, 6.45) is 0.0768. The first-order valence-electron chi connectivity index (χ1n) is 7.36. The fourth-order valence-corrected chi connectivity index (χ4v) is 2.94. The molecule has 1 aliphatic carbocycles. The van der Waals surface area contributed by atoms with Crippen molar-refractivity contribution >= 4 is 0 Å². The molecule has 0 aliphatic heterocycles. The van der Waals surface area contributed by atoms with E-state index in [9.17, 15) is 13.2 Å². The molecule has 21 heavy (non-hydrogen) atoms. The number of methoxy groups -OCH3 is 1. The maximum atomic E-state index is 12.7. The highest BCUT2D eigenvalue weighted by Gasteiger charge is 2.31. The van der Waals surface area contributed by atoms with Gasteiger partial charge in [-0.15, -0.1) is 0 Å². The molecule has 0 amide bonds. The smallest absolute Gasteiger partial charge is 0.381 e. The Bertz CT molecular complexity index is 461. The van der Waals surface area contributed by atoms with Crippen LogP contribution in [-0.2, 0) is 10.9 Å². The number of nitrogens with one attached hydrogen (secondary N) is 1. The first-order chi connectivity index (χ1) is 9.90. The molecule has 3 unspecified atom stereocenters. The van der Waals surface area contributed by atoms with Crippen molar-refractivity contribution in [1.82, 2.24) is 5.32 Å². The second-order valence-electron chi connectivity index (χ2n) is 5.73. The van der Waals surface area contributed by atoms with Crippen molar-refractivity contribution in [1.29, 1.82) is 0 Å². The normalized spacial score (nSPS) is 24.8. The van der Waals surface area contributed by atoms with Crippen LogP contribution in [0.3, 0.4) is 0 Å². The van der Waals surface area contributed by atoms with Crippen molar-refractivity contribution in [2.24, 2.45) is 0 Å². The summed E-state index contributed by atoms with van der Waals surface area (Å²) in [6, 6.07) is 5.74. The lowest BCUT2D eigenvalue weighted by atomic mass is 9.91. The average Bonchev–Trinajstić information content (AvgIpc) is 2.46. The van der Waals surface area contributed by atoms with Gasteiger partial charge in [0.1, 0.15) is 0 Å². The molecule has 0 spiro atoms. The highest BCUT2D eigenvalue weighted by atomic mass is 19.4. The number of hydrogen-bond acceptors (Lipinski definition) is 2. The third-order valence-corrected chi connectivity index (χ3v) is 4.16. The summed E-state index contributed by atoms with van der Waals surface area (Å²) in [7, 11) is 1.71. The fraction of sp³-hybridized carbons (Fsp3) is 0.625. The van der Waals surface area contributed by atoms with Gasteiger partial charge in [0.2, 0.25) is 0 Å². The fourth-order valence-electron chi connectivity index (χ4n) is 2.94. The summed E-state index contributed by atoms with van der Waals surface area (Å²) in [5.41, 5.74) is 0.0800. The predicted octanol–water partition coefficient (Wildman–Crippen LogP) is 4.31. The van der Waals surface area contributed by atoms with E-state index in [1.165, 1.54) is 12.1 Å². The molecular weight excluding hydrogens is 279 g/mol. The monoisotopic (exact) mass is 301 g/mol. The van der Waals surface area contributed by atoms with Gasteiger partial charge in [-0.3, -0.25) is 0 Å². The van der Waals surface area contributed by atoms with E-state index in [1.807, 2.05) is 6.92 Å². The SMILES string of the molecule is COC1CCCC(NC(C)c2cccc(C(F)(F)F)c2)C1. The molecule has 1 aliphatic rings. The third-order valence-electron chi connectivity index (χ3n) is 4.16. The lowest BCUT2D eigenvalue weighted by Gasteiger charge is -2.31. The Balaban J connectivity index is 2.01. The van der Waals surface area contributed by atoms with E-state index in [0.717, 1.165) is 31.7 Å². The summed E-state index contributed by atoms with van der Waals surface area (Å²) in [5, 5.41) is 3.43. The van der Waals surface area contributed by atoms with Gasteiger partial charge in [-0.25, -0.2) is 0 Å². The minimum atomic E-state index is -4.29. The summed E-state index contributed by atoms with van der Waals surface area (Å²) in [4.78, 5) is 0. The maximum absolute atomic E-state index is 12.7. The second-order valence-corrected chi connectivity index (χ2v) is 5.73. The zero-order valence-electron chi connectivity index (χ0n) is 12.4. The molecular formula is C16H22F3NO. The molecule has 1 fully saturated rings. The van der Waals surface area contributed by atoms with Gasteiger partial charge in [0.15, 0.2) is 0 Å². The summed E-state index contributed by atoms with van der Waals surface area (Å²) < 4.78 is 43.6. The summed E-state index contributed by atoms with van der Waals surface area (Å²) >= 11 is 0. The van der Waals surface area contributed by atoms with E-state index < -0.39 is 11.7 Å². The molecule has 1 aromatic rings. The summed E-state index contributed by atoms with van der Waals surface area (Å²) in [6.45, 7) is 1.91. The first kappa shape index (κ1) is 16.3. The maximum Gasteiger partial charge on any atom is 0.416 e. The molecule has 0 radical (unpaired) electrons. The molecule has 118 valence electrons. The van der Waals surface area contributed by atoms with Crippen LogP contribution in [0.15, 0.2) is 24.3 Å². The zero-order chi connectivity index (χ0) is 15.5. The Kier molecular flexibility index (Phi) is 5.27. The van der Waals surface area contributed by atoms with Gasteiger partial charge in [-0.2, -0.15) is 13.2 Å². The second kappa shape index (κ2) is 6.79. The molecule has 0 bridgehead atoms. The number of halogens is 3. The zero-order valence-corrected chi connectivity index (χ0v) is 12.4. The van der Waals surface area contributed by atoms with Gasteiger partial charge in [-0.1, -0.05) is 12.1 Å². The molecule has 0 saturated heterocycles. The van der Waals surface area contributed by atoms with Gasteiger partial charge >= 0.3 is 6.18 Å². The Labute approximate surface area is 123 Å². The van der Waals surface area contributed by atoms with Crippen LogP contribution in [0.2, 0.25) is 0 Å². The van der Waals surface area contributed by atoms with Crippen molar-refractivity contribution in [2.75, 3.05) is 7.11 Å². The Hall–Kier alpha value is -1.07. The topological polar surface area (TPSA) is 21.3 Å². The van der Waals surface area contributed by atoms with Gasteiger partial charge < -0.3 is 10.1 Å².